The first-order valence-electron chi connectivity index (χ1n) is 6.09. The average Bonchev–Trinajstić information content (AvgIpc) is 2.95. The maximum atomic E-state index is 12.1. The second-order valence-electron chi connectivity index (χ2n) is 4.86. The third kappa shape index (κ3) is 2.25. The Morgan fingerprint density at radius 2 is 2.33 bits per heavy atom. The molecule has 1 aliphatic heterocycles. The van der Waals surface area contributed by atoms with Crippen molar-refractivity contribution in [1.29, 1.82) is 0 Å². The van der Waals surface area contributed by atoms with Gasteiger partial charge in [0.1, 0.15) is 5.54 Å². The number of rotatable bonds is 4. The SMILES string of the molecule is CC1(C(=O)O)CCCN1C(=O)CCc1ccoc1. The molecule has 1 aromatic rings. The van der Waals surface area contributed by atoms with Crippen LogP contribution >= 0.6 is 0 Å². The molecule has 1 fully saturated rings. The summed E-state index contributed by atoms with van der Waals surface area (Å²) in [5.41, 5.74) is -0.0763. The van der Waals surface area contributed by atoms with Crippen LogP contribution in [0.25, 0.3) is 0 Å². The Kier molecular flexibility index (Phi) is 3.41. The van der Waals surface area contributed by atoms with Crippen molar-refractivity contribution in [2.75, 3.05) is 6.54 Å². The molecule has 98 valence electrons. The zero-order valence-electron chi connectivity index (χ0n) is 10.4. The number of carboxylic acid groups (broad SMARTS) is 1. The Bertz CT molecular complexity index is 440. The maximum absolute atomic E-state index is 12.1. The van der Waals surface area contributed by atoms with Gasteiger partial charge in [0, 0.05) is 13.0 Å². The Morgan fingerprint density at radius 3 is 2.94 bits per heavy atom. The van der Waals surface area contributed by atoms with E-state index < -0.39 is 11.5 Å². The molecule has 18 heavy (non-hydrogen) atoms. The van der Waals surface area contributed by atoms with Crippen LogP contribution in [-0.4, -0.2) is 34.0 Å². The number of amides is 1. The van der Waals surface area contributed by atoms with Gasteiger partial charge in [-0.25, -0.2) is 4.79 Å². The van der Waals surface area contributed by atoms with E-state index in [0.29, 0.717) is 25.8 Å². The van der Waals surface area contributed by atoms with Gasteiger partial charge in [0.2, 0.25) is 5.91 Å². The molecule has 0 bridgehead atoms. The minimum absolute atomic E-state index is 0.0985. The Balaban J connectivity index is 1.98. The fourth-order valence-corrected chi connectivity index (χ4v) is 2.41. The standard InChI is InChI=1S/C13H17NO4/c1-13(12(16)17)6-2-7-14(13)11(15)4-3-10-5-8-18-9-10/h5,8-9H,2-4,6-7H2,1H3,(H,16,17). The summed E-state index contributed by atoms with van der Waals surface area (Å²) < 4.78 is 4.93. The third-order valence-electron chi connectivity index (χ3n) is 3.61. The van der Waals surface area contributed by atoms with E-state index in [2.05, 4.69) is 0 Å². The number of hydrogen-bond acceptors (Lipinski definition) is 3. The highest BCUT2D eigenvalue weighted by molar-refractivity contribution is 5.87. The summed E-state index contributed by atoms with van der Waals surface area (Å²) in [5.74, 6) is -1.02. The number of furan rings is 1. The fraction of sp³-hybridized carbons (Fsp3) is 0.538. The van der Waals surface area contributed by atoms with Crippen molar-refractivity contribution in [3.05, 3.63) is 24.2 Å². The average molecular weight is 251 g/mol. The van der Waals surface area contributed by atoms with E-state index >= 15 is 0 Å². The monoisotopic (exact) mass is 251 g/mol. The molecule has 0 spiro atoms. The van der Waals surface area contributed by atoms with Crippen molar-refractivity contribution in [3.63, 3.8) is 0 Å². The van der Waals surface area contributed by atoms with E-state index in [1.54, 1.807) is 19.5 Å². The minimum Gasteiger partial charge on any atom is -0.480 e. The van der Waals surface area contributed by atoms with Crippen LogP contribution in [-0.2, 0) is 16.0 Å². The van der Waals surface area contributed by atoms with Crippen molar-refractivity contribution in [3.8, 4) is 0 Å². The zero-order chi connectivity index (χ0) is 13.2. The molecule has 1 unspecified atom stereocenters. The number of aryl methyl sites for hydroxylation is 1. The number of likely N-dealkylation sites (tertiary alicyclic amines) is 1. The predicted octanol–water partition coefficient (Wildman–Crippen LogP) is 1.68. The normalized spacial score (nSPS) is 23.3. The number of hydrogen-bond donors (Lipinski definition) is 1. The summed E-state index contributed by atoms with van der Waals surface area (Å²) in [4.78, 5) is 24.9. The number of aliphatic carboxylic acids is 1. The molecule has 1 saturated heterocycles. The first kappa shape index (κ1) is 12.7. The van der Waals surface area contributed by atoms with Crippen molar-refractivity contribution in [2.24, 2.45) is 0 Å². The lowest BCUT2D eigenvalue weighted by Gasteiger charge is -2.31. The summed E-state index contributed by atoms with van der Waals surface area (Å²) in [6, 6.07) is 1.81. The van der Waals surface area contributed by atoms with Crippen molar-refractivity contribution in [1.82, 2.24) is 4.90 Å². The quantitative estimate of drug-likeness (QED) is 0.883. The summed E-state index contributed by atoms with van der Waals surface area (Å²) in [6.45, 7) is 2.16. The molecule has 1 aromatic heterocycles. The second-order valence-corrected chi connectivity index (χ2v) is 4.86. The lowest BCUT2D eigenvalue weighted by molar-refractivity contribution is -0.155. The molecule has 1 aliphatic rings. The number of carbonyl (C=O) groups is 2. The number of carboxylic acids is 1. The molecule has 1 N–H and O–H groups in total. The van der Waals surface area contributed by atoms with Crippen LogP contribution in [0.5, 0.6) is 0 Å². The summed E-state index contributed by atoms with van der Waals surface area (Å²) >= 11 is 0. The van der Waals surface area contributed by atoms with Gasteiger partial charge in [-0.2, -0.15) is 0 Å². The van der Waals surface area contributed by atoms with Gasteiger partial charge in [0.15, 0.2) is 0 Å². The highest BCUT2D eigenvalue weighted by Gasteiger charge is 2.45. The highest BCUT2D eigenvalue weighted by Crippen LogP contribution is 2.30. The second kappa shape index (κ2) is 4.84. The van der Waals surface area contributed by atoms with Gasteiger partial charge in [-0.05, 0) is 37.8 Å². The predicted molar refractivity (Wildman–Crippen MR) is 64.0 cm³/mol. The molecule has 1 atom stereocenters. The first-order chi connectivity index (χ1) is 8.54. The van der Waals surface area contributed by atoms with Gasteiger partial charge in [-0.15, -0.1) is 0 Å². The molecule has 0 aliphatic carbocycles. The Morgan fingerprint density at radius 1 is 1.56 bits per heavy atom. The van der Waals surface area contributed by atoms with Crippen LogP contribution < -0.4 is 0 Å². The van der Waals surface area contributed by atoms with Crippen LogP contribution in [0.4, 0.5) is 0 Å². The maximum Gasteiger partial charge on any atom is 0.329 e. The lowest BCUT2D eigenvalue weighted by Crippen LogP contribution is -2.50. The van der Waals surface area contributed by atoms with Crippen LogP contribution in [0, 0.1) is 0 Å². The zero-order valence-corrected chi connectivity index (χ0v) is 10.4. The molecule has 2 heterocycles. The number of nitrogens with zero attached hydrogens (tertiary/aromatic N) is 1. The van der Waals surface area contributed by atoms with E-state index in [4.69, 9.17) is 4.42 Å². The fourth-order valence-electron chi connectivity index (χ4n) is 2.41. The molecule has 0 aromatic carbocycles. The van der Waals surface area contributed by atoms with Gasteiger partial charge >= 0.3 is 5.97 Å². The smallest absolute Gasteiger partial charge is 0.329 e. The summed E-state index contributed by atoms with van der Waals surface area (Å²) in [7, 11) is 0. The van der Waals surface area contributed by atoms with E-state index in [1.807, 2.05) is 6.07 Å². The molecule has 1 amide bonds. The molecular weight excluding hydrogens is 234 g/mol. The van der Waals surface area contributed by atoms with Crippen molar-refractivity contribution < 1.29 is 19.1 Å². The molecule has 5 heteroatoms. The van der Waals surface area contributed by atoms with Crippen LogP contribution in [0.1, 0.15) is 31.7 Å². The van der Waals surface area contributed by atoms with E-state index in [1.165, 1.54) is 4.90 Å². The molecule has 5 nitrogen and oxygen atoms in total. The molecular formula is C13H17NO4. The first-order valence-corrected chi connectivity index (χ1v) is 6.09. The highest BCUT2D eigenvalue weighted by atomic mass is 16.4. The van der Waals surface area contributed by atoms with Gasteiger partial charge in [0.05, 0.1) is 12.5 Å². The summed E-state index contributed by atoms with van der Waals surface area (Å²) in [6.07, 6.45) is 5.36. The van der Waals surface area contributed by atoms with Gasteiger partial charge in [-0.3, -0.25) is 4.79 Å². The summed E-state index contributed by atoms with van der Waals surface area (Å²) in [5, 5.41) is 9.24. The largest absolute Gasteiger partial charge is 0.480 e. The Labute approximate surface area is 105 Å². The molecule has 2 rings (SSSR count). The lowest BCUT2D eigenvalue weighted by atomic mass is 9.99. The van der Waals surface area contributed by atoms with E-state index in [0.717, 1.165) is 12.0 Å². The van der Waals surface area contributed by atoms with Gasteiger partial charge in [0.25, 0.3) is 0 Å². The van der Waals surface area contributed by atoms with Gasteiger partial charge in [-0.1, -0.05) is 0 Å². The van der Waals surface area contributed by atoms with E-state index in [-0.39, 0.29) is 5.91 Å². The third-order valence-corrected chi connectivity index (χ3v) is 3.61. The number of carbonyl (C=O) groups excluding carboxylic acids is 1. The van der Waals surface area contributed by atoms with Crippen LogP contribution in [0.15, 0.2) is 23.0 Å². The van der Waals surface area contributed by atoms with Crippen LogP contribution in [0.2, 0.25) is 0 Å². The van der Waals surface area contributed by atoms with Crippen molar-refractivity contribution >= 4 is 11.9 Å². The van der Waals surface area contributed by atoms with Crippen molar-refractivity contribution in [2.45, 2.75) is 38.1 Å². The van der Waals surface area contributed by atoms with Gasteiger partial charge < -0.3 is 14.4 Å². The molecule has 0 radical (unpaired) electrons. The van der Waals surface area contributed by atoms with E-state index in [9.17, 15) is 14.7 Å². The Hall–Kier alpha value is -1.78. The topological polar surface area (TPSA) is 70.8 Å². The minimum atomic E-state index is -1.03. The van der Waals surface area contributed by atoms with Crippen LogP contribution in [0.3, 0.4) is 0 Å². The molecule has 0 saturated carbocycles.